The Bertz CT molecular complexity index is 275. The first-order chi connectivity index (χ1) is 8.99. The van der Waals surface area contributed by atoms with Gasteiger partial charge in [-0.1, -0.05) is 27.2 Å². The Labute approximate surface area is 120 Å². The Morgan fingerprint density at radius 2 is 1.68 bits per heavy atom. The molecule has 112 valence electrons. The molecular formula is C17H34N2. The molecule has 0 aromatic carbocycles. The Kier molecular flexibility index (Phi) is 4.94. The van der Waals surface area contributed by atoms with Crippen molar-refractivity contribution in [1.29, 1.82) is 0 Å². The fourth-order valence-corrected chi connectivity index (χ4v) is 4.00. The van der Waals surface area contributed by atoms with Gasteiger partial charge in [-0.15, -0.1) is 0 Å². The summed E-state index contributed by atoms with van der Waals surface area (Å²) >= 11 is 0. The summed E-state index contributed by atoms with van der Waals surface area (Å²) in [5.74, 6) is 1.83. The molecule has 2 aliphatic rings. The van der Waals surface area contributed by atoms with Crippen LogP contribution >= 0.6 is 0 Å². The van der Waals surface area contributed by atoms with E-state index < -0.39 is 0 Å². The second-order valence-electron chi connectivity index (χ2n) is 7.65. The summed E-state index contributed by atoms with van der Waals surface area (Å²) in [6.45, 7) is 8.10. The molecule has 2 rings (SSSR count). The highest BCUT2D eigenvalue weighted by Crippen LogP contribution is 2.42. The normalized spacial score (nSPS) is 30.6. The molecule has 0 bridgehead atoms. The monoisotopic (exact) mass is 266 g/mol. The van der Waals surface area contributed by atoms with E-state index in [-0.39, 0.29) is 0 Å². The van der Waals surface area contributed by atoms with Gasteiger partial charge in [-0.3, -0.25) is 4.90 Å². The minimum atomic E-state index is 0.535. The quantitative estimate of drug-likeness (QED) is 0.795. The summed E-state index contributed by atoms with van der Waals surface area (Å²) in [6.07, 6.45) is 9.72. The summed E-state index contributed by atoms with van der Waals surface area (Å²) in [5, 5.41) is 0. The van der Waals surface area contributed by atoms with E-state index >= 15 is 0 Å². The second-order valence-corrected chi connectivity index (χ2v) is 7.65. The zero-order valence-corrected chi connectivity index (χ0v) is 13.5. The van der Waals surface area contributed by atoms with E-state index in [4.69, 9.17) is 5.73 Å². The maximum Gasteiger partial charge on any atom is 0.0246 e. The maximum atomic E-state index is 6.00. The lowest BCUT2D eigenvalue weighted by molar-refractivity contribution is 0.0728. The maximum absolute atomic E-state index is 6.00. The van der Waals surface area contributed by atoms with E-state index in [0.717, 1.165) is 24.4 Å². The zero-order valence-electron chi connectivity index (χ0n) is 13.5. The van der Waals surface area contributed by atoms with Crippen molar-refractivity contribution >= 4 is 0 Å². The molecule has 0 aromatic rings. The van der Waals surface area contributed by atoms with Crippen LogP contribution in [0.4, 0.5) is 0 Å². The van der Waals surface area contributed by atoms with Crippen molar-refractivity contribution in [2.45, 2.75) is 77.8 Å². The topological polar surface area (TPSA) is 29.3 Å². The summed E-state index contributed by atoms with van der Waals surface area (Å²) in [7, 11) is 2.33. The number of hydrogen-bond acceptors (Lipinski definition) is 2. The van der Waals surface area contributed by atoms with Crippen LogP contribution in [0.5, 0.6) is 0 Å². The van der Waals surface area contributed by atoms with E-state index in [0.29, 0.717) is 11.5 Å². The number of nitrogens with two attached hydrogens (primary N) is 1. The third-order valence-electron chi connectivity index (χ3n) is 6.22. The molecule has 1 unspecified atom stereocenters. The van der Waals surface area contributed by atoms with Crippen molar-refractivity contribution in [3.63, 3.8) is 0 Å². The van der Waals surface area contributed by atoms with E-state index in [1.165, 1.54) is 44.9 Å². The molecule has 0 amide bonds. The van der Waals surface area contributed by atoms with Gasteiger partial charge in [0, 0.05) is 18.6 Å². The molecule has 0 radical (unpaired) electrons. The highest BCUT2D eigenvalue weighted by atomic mass is 15.2. The largest absolute Gasteiger partial charge is 0.329 e. The minimum absolute atomic E-state index is 0.535. The number of likely N-dealkylation sites (N-methyl/N-ethyl adjacent to an activating group) is 1. The van der Waals surface area contributed by atoms with Crippen LogP contribution < -0.4 is 5.73 Å². The molecule has 0 heterocycles. The summed E-state index contributed by atoms with van der Waals surface area (Å²) < 4.78 is 0. The lowest BCUT2D eigenvalue weighted by Gasteiger charge is -2.43. The number of hydrogen-bond donors (Lipinski definition) is 1. The van der Waals surface area contributed by atoms with Crippen molar-refractivity contribution in [2.24, 2.45) is 23.0 Å². The fraction of sp³-hybridized carbons (Fsp3) is 1.00. The predicted octanol–water partition coefficient (Wildman–Crippen LogP) is 3.65. The minimum Gasteiger partial charge on any atom is -0.329 e. The highest BCUT2D eigenvalue weighted by molar-refractivity contribution is 4.92. The lowest BCUT2D eigenvalue weighted by Crippen LogP contribution is -2.47. The van der Waals surface area contributed by atoms with E-state index in [1.54, 1.807) is 0 Å². The Balaban J connectivity index is 1.85. The predicted molar refractivity (Wildman–Crippen MR) is 83.1 cm³/mol. The van der Waals surface area contributed by atoms with Crippen molar-refractivity contribution in [3.8, 4) is 0 Å². The third kappa shape index (κ3) is 3.52. The standard InChI is InChI=1S/C17H34N2/c1-5-17(2,3)14-8-10-15(11-9-14)19(4)16(12-18)13-6-7-13/h13-16H,5-12,18H2,1-4H3. The fourth-order valence-electron chi connectivity index (χ4n) is 4.00. The first kappa shape index (κ1) is 15.3. The molecule has 2 nitrogen and oxygen atoms in total. The zero-order chi connectivity index (χ0) is 14.0. The van der Waals surface area contributed by atoms with Gasteiger partial charge in [0.05, 0.1) is 0 Å². The third-order valence-corrected chi connectivity index (χ3v) is 6.22. The van der Waals surface area contributed by atoms with Crippen LogP contribution in [0.15, 0.2) is 0 Å². The molecule has 0 saturated heterocycles. The Morgan fingerprint density at radius 1 is 1.11 bits per heavy atom. The summed E-state index contributed by atoms with van der Waals surface area (Å²) in [4.78, 5) is 2.63. The van der Waals surface area contributed by atoms with Crippen LogP contribution in [0.1, 0.15) is 65.7 Å². The molecule has 19 heavy (non-hydrogen) atoms. The van der Waals surface area contributed by atoms with Gasteiger partial charge in [0.1, 0.15) is 0 Å². The van der Waals surface area contributed by atoms with Crippen molar-refractivity contribution < 1.29 is 0 Å². The van der Waals surface area contributed by atoms with Crippen LogP contribution in [-0.2, 0) is 0 Å². The molecule has 2 aliphatic carbocycles. The van der Waals surface area contributed by atoms with Crippen LogP contribution in [0.25, 0.3) is 0 Å². The van der Waals surface area contributed by atoms with E-state index in [1.807, 2.05) is 0 Å². The van der Waals surface area contributed by atoms with Crippen LogP contribution in [0.3, 0.4) is 0 Å². The van der Waals surface area contributed by atoms with Gasteiger partial charge in [-0.2, -0.15) is 0 Å². The number of nitrogens with zero attached hydrogens (tertiary/aromatic N) is 1. The van der Waals surface area contributed by atoms with Gasteiger partial charge >= 0.3 is 0 Å². The molecule has 2 saturated carbocycles. The lowest BCUT2D eigenvalue weighted by atomic mass is 9.68. The Hall–Kier alpha value is -0.0800. The van der Waals surface area contributed by atoms with Gasteiger partial charge in [0.2, 0.25) is 0 Å². The van der Waals surface area contributed by atoms with Gasteiger partial charge < -0.3 is 5.73 Å². The van der Waals surface area contributed by atoms with Crippen molar-refractivity contribution in [1.82, 2.24) is 4.90 Å². The van der Waals surface area contributed by atoms with Crippen LogP contribution in [-0.4, -0.2) is 30.6 Å². The van der Waals surface area contributed by atoms with Crippen molar-refractivity contribution in [3.05, 3.63) is 0 Å². The molecular weight excluding hydrogens is 232 g/mol. The first-order valence-corrected chi connectivity index (χ1v) is 8.41. The number of rotatable bonds is 6. The molecule has 1 atom stereocenters. The summed E-state index contributed by atoms with van der Waals surface area (Å²) in [5.41, 5.74) is 6.53. The SMILES string of the molecule is CCC(C)(C)C1CCC(N(C)C(CN)C2CC2)CC1. The smallest absolute Gasteiger partial charge is 0.0246 e. The van der Waals surface area contributed by atoms with Gasteiger partial charge in [-0.25, -0.2) is 0 Å². The molecule has 2 heteroatoms. The first-order valence-electron chi connectivity index (χ1n) is 8.41. The van der Waals surface area contributed by atoms with Gasteiger partial charge in [0.25, 0.3) is 0 Å². The summed E-state index contributed by atoms with van der Waals surface area (Å²) in [6, 6.07) is 1.44. The Morgan fingerprint density at radius 3 is 2.11 bits per heavy atom. The second kappa shape index (κ2) is 6.13. The van der Waals surface area contributed by atoms with Crippen LogP contribution in [0.2, 0.25) is 0 Å². The average molecular weight is 266 g/mol. The van der Waals surface area contributed by atoms with Gasteiger partial charge in [0.15, 0.2) is 0 Å². The molecule has 0 spiro atoms. The molecule has 0 aliphatic heterocycles. The average Bonchev–Trinajstić information content (AvgIpc) is 3.24. The molecule has 2 fully saturated rings. The van der Waals surface area contributed by atoms with Crippen LogP contribution in [0, 0.1) is 17.3 Å². The molecule has 0 aromatic heterocycles. The van der Waals surface area contributed by atoms with E-state index in [9.17, 15) is 0 Å². The molecule has 2 N–H and O–H groups in total. The highest BCUT2D eigenvalue weighted by Gasteiger charge is 2.38. The van der Waals surface area contributed by atoms with Crippen molar-refractivity contribution in [2.75, 3.05) is 13.6 Å². The van der Waals surface area contributed by atoms with Gasteiger partial charge in [-0.05, 0) is 62.8 Å². The van der Waals surface area contributed by atoms with E-state index in [2.05, 4.69) is 32.7 Å².